The van der Waals surface area contributed by atoms with Crippen molar-refractivity contribution in [3.8, 4) is 22.6 Å². The molecule has 0 aliphatic heterocycles. The first-order valence-corrected chi connectivity index (χ1v) is 9.81. The topological polar surface area (TPSA) is 77.8 Å². The van der Waals surface area contributed by atoms with Gasteiger partial charge in [-0.1, -0.05) is 48.0 Å². The van der Waals surface area contributed by atoms with Crippen LogP contribution in [0.15, 0.2) is 82.0 Å². The molecule has 6 nitrogen and oxygen atoms in total. The summed E-state index contributed by atoms with van der Waals surface area (Å²) in [5.41, 5.74) is 1.98. The molecule has 0 saturated carbocycles. The van der Waals surface area contributed by atoms with Gasteiger partial charge in [-0.2, -0.15) is 0 Å². The molecule has 0 atom stereocenters. The monoisotopic (exact) mass is 435 g/mol. The standard InChI is InChI=1S/C24H18ClNO5/c1-29-17-9-5-8-16(10-17)26-23(27)14-30-22-13-21-19(11-20(22)25)18(12-24(28)31-21)15-6-3-2-4-7-15/h2-13H,14H2,1H3,(H,26,27). The first kappa shape index (κ1) is 20.5. The van der Waals surface area contributed by atoms with E-state index in [0.717, 1.165) is 5.56 Å². The van der Waals surface area contributed by atoms with Gasteiger partial charge in [0.25, 0.3) is 5.91 Å². The van der Waals surface area contributed by atoms with Crippen LogP contribution in [0.5, 0.6) is 11.5 Å². The zero-order valence-electron chi connectivity index (χ0n) is 16.6. The molecular formula is C24H18ClNO5. The SMILES string of the molecule is COc1cccc(NC(=O)COc2cc3oc(=O)cc(-c4ccccc4)c3cc2Cl)c1. The number of nitrogens with one attached hydrogen (secondary N) is 1. The van der Waals surface area contributed by atoms with E-state index in [2.05, 4.69) is 5.32 Å². The molecule has 0 unspecified atom stereocenters. The van der Waals surface area contributed by atoms with Crippen molar-refractivity contribution in [3.05, 3.63) is 88.2 Å². The molecule has 1 heterocycles. The third kappa shape index (κ3) is 4.70. The van der Waals surface area contributed by atoms with Gasteiger partial charge in [-0.05, 0) is 29.3 Å². The van der Waals surface area contributed by atoms with Gasteiger partial charge >= 0.3 is 5.63 Å². The average Bonchev–Trinajstić information content (AvgIpc) is 2.78. The number of anilines is 1. The van der Waals surface area contributed by atoms with Crippen LogP contribution in [-0.2, 0) is 4.79 Å². The van der Waals surface area contributed by atoms with E-state index in [1.165, 1.54) is 12.1 Å². The van der Waals surface area contributed by atoms with Crippen molar-refractivity contribution in [3.63, 3.8) is 0 Å². The Balaban J connectivity index is 1.56. The Kier molecular flexibility index (Phi) is 5.91. The number of methoxy groups -OCH3 is 1. The van der Waals surface area contributed by atoms with Crippen LogP contribution in [0.1, 0.15) is 0 Å². The Bertz CT molecular complexity index is 1300. The van der Waals surface area contributed by atoms with E-state index < -0.39 is 5.63 Å². The largest absolute Gasteiger partial charge is 0.497 e. The Morgan fingerprint density at radius 2 is 1.84 bits per heavy atom. The molecule has 1 aromatic heterocycles. The zero-order valence-corrected chi connectivity index (χ0v) is 17.3. The van der Waals surface area contributed by atoms with Crippen LogP contribution in [-0.4, -0.2) is 19.6 Å². The molecule has 3 aromatic carbocycles. The van der Waals surface area contributed by atoms with E-state index in [1.807, 2.05) is 30.3 Å². The van der Waals surface area contributed by atoms with Gasteiger partial charge in [0.1, 0.15) is 17.1 Å². The van der Waals surface area contributed by atoms with Crippen LogP contribution < -0.4 is 20.4 Å². The third-order valence-corrected chi connectivity index (χ3v) is 4.89. The summed E-state index contributed by atoms with van der Waals surface area (Å²) in [5.74, 6) is 0.493. The molecular weight excluding hydrogens is 418 g/mol. The maximum absolute atomic E-state index is 12.3. The Morgan fingerprint density at radius 3 is 2.61 bits per heavy atom. The summed E-state index contributed by atoms with van der Waals surface area (Å²) in [6.07, 6.45) is 0. The van der Waals surface area contributed by atoms with Crippen LogP contribution in [0.25, 0.3) is 22.1 Å². The number of ether oxygens (including phenoxy) is 2. The Morgan fingerprint density at radius 1 is 1.03 bits per heavy atom. The summed E-state index contributed by atoms with van der Waals surface area (Å²) in [5, 5.41) is 3.69. The van der Waals surface area contributed by atoms with Crippen LogP contribution in [0.4, 0.5) is 5.69 Å². The van der Waals surface area contributed by atoms with Crippen molar-refractivity contribution >= 4 is 34.2 Å². The number of fused-ring (bicyclic) bond motifs is 1. The molecule has 1 amide bonds. The second-order valence-electron chi connectivity index (χ2n) is 6.69. The summed E-state index contributed by atoms with van der Waals surface area (Å²) in [7, 11) is 1.55. The van der Waals surface area contributed by atoms with E-state index in [0.29, 0.717) is 33.0 Å². The van der Waals surface area contributed by atoms with E-state index in [9.17, 15) is 9.59 Å². The highest BCUT2D eigenvalue weighted by atomic mass is 35.5. The lowest BCUT2D eigenvalue weighted by molar-refractivity contribution is -0.118. The number of hydrogen-bond donors (Lipinski definition) is 1. The van der Waals surface area contributed by atoms with E-state index in [-0.39, 0.29) is 18.3 Å². The lowest BCUT2D eigenvalue weighted by atomic mass is 10.0. The maximum Gasteiger partial charge on any atom is 0.336 e. The van der Waals surface area contributed by atoms with Crippen molar-refractivity contribution in [2.24, 2.45) is 0 Å². The Hall–Kier alpha value is -3.77. The summed E-state index contributed by atoms with van der Waals surface area (Å²) >= 11 is 6.39. The van der Waals surface area contributed by atoms with Gasteiger partial charge in [-0.25, -0.2) is 4.79 Å². The van der Waals surface area contributed by atoms with Gasteiger partial charge in [-0.15, -0.1) is 0 Å². The Labute approximate surface area is 183 Å². The summed E-state index contributed by atoms with van der Waals surface area (Å²) < 4.78 is 16.1. The lowest BCUT2D eigenvalue weighted by Gasteiger charge is -2.11. The van der Waals surface area contributed by atoms with Crippen molar-refractivity contribution in [2.75, 3.05) is 19.0 Å². The van der Waals surface area contributed by atoms with Gasteiger partial charge < -0.3 is 19.2 Å². The van der Waals surface area contributed by atoms with E-state index in [4.69, 9.17) is 25.5 Å². The lowest BCUT2D eigenvalue weighted by Crippen LogP contribution is -2.20. The summed E-state index contributed by atoms with van der Waals surface area (Å²) in [4.78, 5) is 24.3. The maximum atomic E-state index is 12.3. The molecule has 31 heavy (non-hydrogen) atoms. The van der Waals surface area contributed by atoms with Crippen LogP contribution in [0.3, 0.4) is 0 Å². The fourth-order valence-electron chi connectivity index (χ4n) is 3.17. The molecule has 0 aliphatic carbocycles. The number of carbonyl (C=O) groups is 1. The number of hydrogen-bond acceptors (Lipinski definition) is 5. The predicted molar refractivity (Wildman–Crippen MR) is 120 cm³/mol. The highest BCUT2D eigenvalue weighted by Gasteiger charge is 2.14. The quantitative estimate of drug-likeness (QED) is 0.424. The molecule has 0 bridgehead atoms. The van der Waals surface area contributed by atoms with Crippen molar-refractivity contribution < 1.29 is 18.7 Å². The summed E-state index contributed by atoms with van der Waals surface area (Å²) in [6, 6.07) is 21.0. The number of benzene rings is 3. The molecule has 7 heteroatoms. The van der Waals surface area contributed by atoms with Crippen LogP contribution in [0, 0.1) is 0 Å². The number of carbonyl (C=O) groups excluding carboxylic acids is 1. The third-order valence-electron chi connectivity index (χ3n) is 4.59. The fourth-order valence-corrected chi connectivity index (χ4v) is 3.39. The van der Waals surface area contributed by atoms with Crippen molar-refractivity contribution in [1.82, 2.24) is 0 Å². The molecule has 0 fully saturated rings. The smallest absolute Gasteiger partial charge is 0.336 e. The fraction of sp³-hybridized carbons (Fsp3) is 0.0833. The molecule has 0 saturated heterocycles. The molecule has 0 aliphatic rings. The van der Waals surface area contributed by atoms with E-state index in [1.54, 1.807) is 37.4 Å². The normalized spacial score (nSPS) is 10.6. The highest BCUT2D eigenvalue weighted by molar-refractivity contribution is 6.33. The van der Waals surface area contributed by atoms with E-state index >= 15 is 0 Å². The minimum atomic E-state index is -0.490. The average molecular weight is 436 g/mol. The van der Waals surface area contributed by atoms with Crippen molar-refractivity contribution in [1.29, 1.82) is 0 Å². The first-order valence-electron chi connectivity index (χ1n) is 9.43. The van der Waals surface area contributed by atoms with Crippen LogP contribution in [0.2, 0.25) is 5.02 Å². The van der Waals surface area contributed by atoms with Gasteiger partial charge in [0.2, 0.25) is 0 Å². The number of halogens is 1. The highest BCUT2D eigenvalue weighted by Crippen LogP contribution is 2.34. The van der Waals surface area contributed by atoms with Gasteiger partial charge in [0.15, 0.2) is 6.61 Å². The number of rotatable bonds is 6. The van der Waals surface area contributed by atoms with Crippen molar-refractivity contribution in [2.45, 2.75) is 0 Å². The summed E-state index contributed by atoms with van der Waals surface area (Å²) in [6.45, 7) is -0.273. The minimum absolute atomic E-state index is 0.239. The predicted octanol–water partition coefficient (Wildman–Crippen LogP) is 5.14. The number of amides is 1. The minimum Gasteiger partial charge on any atom is -0.497 e. The van der Waals surface area contributed by atoms with Gasteiger partial charge in [0.05, 0.1) is 12.1 Å². The molecule has 156 valence electrons. The first-order chi connectivity index (χ1) is 15.0. The molecule has 4 rings (SSSR count). The molecule has 0 radical (unpaired) electrons. The second kappa shape index (κ2) is 8.93. The van der Waals surface area contributed by atoms with Crippen LogP contribution >= 0.6 is 11.6 Å². The van der Waals surface area contributed by atoms with Gasteiger partial charge in [-0.3, -0.25) is 4.79 Å². The molecule has 4 aromatic rings. The molecule has 1 N–H and O–H groups in total. The molecule has 0 spiro atoms. The zero-order chi connectivity index (χ0) is 21.8. The second-order valence-corrected chi connectivity index (χ2v) is 7.10. The van der Waals surface area contributed by atoms with Gasteiger partial charge in [0, 0.05) is 29.3 Å².